The smallest absolute Gasteiger partial charge is 0.422 e. The molecule has 6 heteroatoms. The quantitative estimate of drug-likeness (QED) is 0.926. The Hall–Kier alpha value is -0.750. The number of nitrogens with two attached hydrogens (primary N) is 1. The molecule has 15 heavy (non-hydrogen) atoms. The molecule has 0 saturated heterocycles. The van der Waals surface area contributed by atoms with Crippen LogP contribution in [0.1, 0.15) is 5.56 Å². The van der Waals surface area contributed by atoms with Crippen LogP contribution >= 0.6 is 15.9 Å². The van der Waals surface area contributed by atoms with Gasteiger partial charge in [-0.05, 0) is 18.2 Å². The maximum Gasteiger partial charge on any atom is 0.422 e. The van der Waals surface area contributed by atoms with E-state index >= 15 is 0 Å². The first-order valence-corrected chi connectivity index (χ1v) is 4.90. The fourth-order valence-corrected chi connectivity index (χ4v) is 1.42. The zero-order valence-electron chi connectivity index (χ0n) is 7.64. The summed E-state index contributed by atoms with van der Waals surface area (Å²) in [6.07, 6.45) is -4.33. The van der Waals surface area contributed by atoms with Crippen molar-refractivity contribution < 1.29 is 17.9 Å². The van der Waals surface area contributed by atoms with Crippen LogP contribution in [0.4, 0.5) is 13.2 Å². The summed E-state index contributed by atoms with van der Waals surface area (Å²) in [5.41, 5.74) is 5.91. The second-order valence-corrected chi connectivity index (χ2v) is 3.78. The van der Waals surface area contributed by atoms with Crippen molar-refractivity contribution in [2.45, 2.75) is 12.7 Å². The fourth-order valence-electron chi connectivity index (χ4n) is 1.01. The van der Waals surface area contributed by atoms with Crippen LogP contribution in [0.5, 0.6) is 5.75 Å². The Balaban J connectivity index is 2.76. The van der Waals surface area contributed by atoms with Gasteiger partial charge in [-0.15, -0.1) is 0 Å². The Morgan fingerprint density at radius 2 is 2.00 bits per heavy atom. The van der Waals surface area contributed by atoms with Crippen molar-refractivity contribution in [3.8, 4) is 5.75 Å². The van der Waals surface area contributed by atoms with E-state index in [4.69, 9.17) is 5.73 Å². The third kappa shape index (κ3) is 4.09. The van der Waals surface area contributed by atoms with Gasteiger partial charge in [0.1, 0.15) is 5.75 Å². The van der Waals surface area contributed by atoms with E-state index in [2.05, 4.69) is 20.7 Å². The molecule has 1 aromatic rings. The first kappa shape index (κ1) is 12.3. The number of hydrogen-bond acceptors (Lipinski definition) is 2. The van der Waals surface area contributed by atoms with E-state index in [9.17, 15) is 13.2 Å². The van der Waals surface area contributed by atoms with Crippen molar-refractivity contribution in [2.24, 2.45) is 5.73 Å². The van der Waals surface area contributed by atoms with Crippen LogP contribution in [0.25, 0.3) is 0 Å². The fraction of sp³-hybridized carbons (Fsp3) is 0.333. The third-order valence-corrected chi connectivity index (χ3v) is 2.13. The van der Waals surface area contributed by atoms with Crippen molar-refractivity contribution in [1.82, 2.24) is 0 Å². The molecule has 84 valence electrons. The first-order chi connectivity index (χ1) is 6.92. The van der Waals surface area contributed by atoms with Gasteiger partial charge in [0.2, 0.25) is 0 Å². The van der Waals surface area contributed by atoms with Gasteiger partial charge in [-0.3, -0.25) is 0 Å². The Morgan fingerprint density at radius 3 is 2.53 bits per heavy atom. The molecule has 0 amide bonds. The lowest BCUT2D eigenvalue weighted by atomic mass is 10.2. The standard InChI is InChI=1S/C9H9BrF3NO/c10-7-1-2-8(6(3-7)4-14)15-5-9(11,12)13/h1-3H,4-5,14H2. The second kappa shape index (κ2) is 4.85. The van der Waals surface area contributed by atoms with Gasteiger partial charge < -0.3 is 10.5 Å². The van der Waals surface area contributed by atoms with Crippen LogP contribution in [0.3, 0.4) is 0 Å². The summed E-state index contributed by atoms with van der Waals surface area (Å²) in [6, 6.07) is 4.69. The first-order valence-electron chi connectivity index (χ1n) is 4.10. The van der Waals surface area contributed by atoms with E-state index in [1.807, 2.05) is 0 Å². The monoisotopic (exact) mass is 283 g/mol. The molecule has 0 unspecified atom stereocenters. The lowest BCUT2D eigenvalue weighted by Crippen LogP contribution is -2.20. The molecule has 0 aromatic heterocycles. The van der Waals surface area contributed by atoms with Crippen LogP contribution in [0, 0.1) is 0 Å². The summed E-state index contributed by atoms with van der Waals surface area (Å²) in [5, 5.41) is 0. The zero-order chi connectivity index (χ0) is 11.5. The van der Waals surface area contributed by atoms with Gasteiger partial charge in [0.05, 0.1) is 0 Å². The minimum absolute atomic E-state index is 0.132. The highest BCUT2D eigenvalue weighted by Gasteiger charge is 2.28. The largest absolute Gasteiger partial charge is 0.484 e. The predicted octanol–water partition coefficient (Wildman–Crippen LogP) is 2.85. The van der Waals surface area contributed by atoms with Crippen LogP contribution < -0.4 is 10.5 Å². The molecule has 0 spiro atoms. The number of benzene rings is 1. The summed E-state index contributed by atoms with van der Waals surface area (Å²) in [5.74, 6) is 0.165. The Kier molecular flexibility index (Phi) is 3.98. The number of alkyl halides is 3. The molecule has 2 nitrogen and oxygen atoms in total. The summed E-state index contributed by atoms with van der Waals surface area (Å²) in [7, 11) is 0. The predicted molar refractivity (Wildman–Crippen MR) is 53.6 cm³/mol. The van der Waals surface area contributed by atoms with Crippen molar-refractivity contribution in [3.63, 3.8) is 0 Å². The van der Waals surface area contributed by atoms with Gasteiger partial charge in [0.15, 0.2) is 6.61 Å². The number of rotatable bonds is 3. The summed E-state index contributed by atoms with van der Waals surface area (Å²) < 4.78 is 41.0. The van der Waals surface area contributed by atoms with Crippen LogP contribution in [-0.2, 0) is 6.54 Å². The molecule has 0 radical (unpaired) electrons. The zero-order valence-corrected chi connectivity index (χ0v) is 9.23. The molecule has 1 rings (SSSR count). The highest BCUT2D eigenvalue weighted by atomic mass is 79.9. The van der Waals surface area contributed by atoms with Gasteiger partial charge in [0, 0.05) is 16.6 Å². The molecule has 0 aliphatic heterocycles. The minimum atomic E-state index is -4.33. The maximum atomic E-state index is 11.9. The van der Waals surface area contributed by atoms with Gasteiger partial charge in [-0.2, -0.15) is 13.2 Å². The molecule has 0 aliphatic rings. The summed E-state index contributed by atoms with van der Waals surface area (Å²) >= 11 is 3.19. The average Bonchev–Trinajstić information content (AvgIpc) is 2.14. The van der Waals surface area contributed by atoms with E-state index in [-0.39, 0.29) is 12.3 Å². The van der Waals surface area contributed by atoms with Crippen LogP contribution in [-0.4, -0.2) is 12.8 Å². The van der Waals surface area contributed by atoms with Crippen molar-refractivity contribution >= 4 is 15.9 Å². The normalized spacial score (nSPS) is 11.5. The van der Waals surface area contributed by atoms with Crippen molar-refractivity contribution in [1.29, 1.82) is 0 Å². The van der Waals surface area contributed by atoms with Crippen LogP contribution in [0.15, 0.2) is 22.7 Å². The average molecular weight is 284 g/mol. The minimum Gasteiger partial charge on any atom is -0.484 e. The van der Waals surface area contributed by atoms with Crippen LogP contribution in [0.2, 0.25) is 0 Å². The van der Waals surface area contributed by atoms with E-state index < -0.39 is 12.8 Å². The highest BCUT2D eigenvalue weighted by molar-refractivity contribution is 9.10. The van der Waals surface area contributed by atoms with Crippen molar-refractivity contribution in [3.05, 3.63) is 28.2 Å². The lowest BCUT2D eigenvalue weighted by molar-refractivity contribution is -0.153. The van der Waals surface area contributed by atoms with Gasteiger partial charge in [-0.25, -0.2) is 0 Å². The van der Waals surface area contributed by atoms with Crippen molar-refractivity contribution in [2.75, 3.05) is 6.61 Å². The van der Waals surface area contributed by atoms with E-state index in [0.29, 0.717) is 5.56 Å². The highest BCUT2D eigenvalue weighted by Crippen LogP contribution is 2.25. The molecule has 0 bridgehead atoms. The molecule has 0 fully saturated rings. The van der Waals surface area contributed by atoms with Gasteiger partial charge in [0.25, 0.3) is 0 Å². The Morgan fingerprint density at radius 1 is 1.33 bits per heavy atom. The van der Waals surface area contributed by atoms with E-state index in [1.165, 1.54) is 6.07 Å². The molecular formula is C9H9BrF3NO. The van der Waals surface area contributed by atoms with Gasteiger partial charge in [-0.1, -0.05) is 15.9 Å². The SMILES string of the molecule is NCc1cc(Br)ccc1OCC(F)(F)F. The molecule has 1 aromatic carbocycles. The third-order valence-electron chi connectivity index (χ3n) is 1.63. The molecule has 0 aliphatic carbocycles. The number of halogens is 4. The molecule has 0 heterocycles. The number of hydrogen-bond donors (Lipinski definition) is 1. The molecular weight excluding hydrogens is 275 g/mol. The van der Waals surface area contributed by atoms with Gasteiger partial charge >= 0.3 is 6.18 Å². The lowest BCUT2D eigenvalue weighted by Gasteiger charge is -2.12. The Labute approximate surface area is 93.3 Å². The molecule has 0 saturated carbocycles. The Bertz CT molecular complexity index is 341. The maximum absolute atomic E-state index is 11.9. The molecule has 0 atom stereocenters. The second-order valence-electron chi connectivity index (χ2n) is 2.86. The van der Waals surface area contributed by atoms with E-state index in [0.717, 1.165) is 4.47 Å². The summed E-state index contributed by atoms with van der Waals surface area (Å²) in [6.45, 7) is -1.17. The summed E-state index contributed by atoms with van der Waals surface area (Å²) in [4.78, 5) is 0. The topological polar surface area (TPSA) is 35.2 Å². The van der Waals surface area contributed by atoms with E-state index in [1.54, 1.807) is 12.1 Å². The number of ether oxygens (including phenoxy) is 1. The molecule has 2 N–H and O–H groups in total.